The Bertz CT molecular complexity index is 456. The SMILES string of the molecule is COC(=O)[C@]12C[C@@]3(CCCC(C)(C)C3=C[C@@H]1Cl)CO2. The Morgan fingerprint density at radius 1 is 1.47 bits per heavy atom. The maximum Gasteiger partial charge on any atom is 0.340 e. The van der Waals surface area contributed by atoms with Gasteiger partial charge in [-0.2, -0.15) is 0 Å². The van der Waals surface area contributed by atoms with E-state index in [1.807, 2.05) is 0 Å². The van der Waals surface area contributed by atoms with Crippen LogP contribution in [0.25, 0.3) is 0 Å². The van der Waals surface area contributed by atoms with Crippen LogP contribution in [-0.2, 0) is 14.3 Å². The quantitative estimate of drug-likeness (QED) is 0.422. The number of rotatable bonds is 1. The van der Waals surface area contributed by atoms with Crippen LogP contribution in [0.15, 0.2) is 11.6 Å². The molecule has 0 N–H and O–H groups in total. The van der Waals surface area contributed by atoms with E-state index in [0.717, 1.165) is 6.42 Å². The average molecular weight is 285 g/mol. The molecule has 2 aliphatic carbocycles. The molecular weight excluding hydrogens is 264 g/mol. The third-order valence-electron chi connectivity index (χ3n) is 5.25. The van der Waals surface area contributed by atoms with E-state index >= 15 is 0 Å². The highest BCUT2D eigenvalue weighted by Crippen LogP contribution is 2.62. The summed E-state index contributed by atoms with van der Waals surface area (Å²) in [6, 6.07) is 0. The third-order valence-corrected chi connectivity index (χ3v) is 5.73. The second kappa shape index (κ2) is 3.98. The first-order chi connectivity index (χ1) is 8.86. The number of ether oxygens (including phenoxy) is 2. The van der Waals surface area contributed by atoms with Crippen molar-refractivity contribution in [2.24, 2.45) is 10.8 Å². The van der Waals surface area contributed by atoms with Gasteiger partial charge in [0.2, 0.25) is 0 Å². The summed E-state index contributed by atoms with van der Waals surface area (Å²) in [5.74, 6) is -0.331. The van der Waals surface area contributed by atoms with Crippen LogP contribution in [0.4, 0.5) is 0 Å². The molecule has 0 unspecified atom stereocenters. The number of hydrogen-bond acceptors (Lipinski definition) is 3. The first kappa shape index (κ1) is 13.4. The van der Waals surface area contributed by atoms with Crippen LogP contribution in [0.3, 0.4) is 0 Å². The molecule has 2 bridgehead atoms. The van der Waals surface area contributed by atoms with Gasteiger partial charge in [-0.3, -0.25) is 0 Å². The zero-order chi connectivity index (χ0) is 13.9. The summed E-state index contributed by atoms with van der Waals surface area (Å²) in [5.41, 5.74) is 0.582. The van der Waals surface area contributed by atoms with Crippen LogP contribution in [0.2, 0.25) is 0 Å². The molecular formula is C15H21ClO3. The molecule has 2 fully saturated rings. The largest absolute Gasteiger partial charge is 0.467 e. The average Bonchev–Trinajstić information content (AvgIpc) is 2.69. The van der Waals surface area contributed by atoms with Crippen LogP contribution in [0.5, 0.6) is 0 Å². The summed E-state index contributed by atoms with van der Waals surface area (Å²) in [6.07, 6.45) is 6.20. The van der Waals surface area contributed by atoms with Crippen molar-refractivity contribution in [2.45, 2.75) is 50.5 Å². The molecule has 0 aromatic rings. The molecule has 1 saturated heterocycles. The molecule has 0 radical (unpaired) electrons. The molecule has 1 heterocycles. The van der Waals surface area contributed by atoms with Gasteiger partial charge in [-0.1, -0.05) is 31.9 Å². The molecule has 0 aromatic carbocycles. The Morgan fingerprint density at radius 2 is 2.21 bits per heavy atom. The topological polar surface area (TPSA) is 35.5 Å². The number of alkyl halides is 1. The van der Waals surface area contributed by atoms with Gasteiger partial charge in [0.15, 0.2) is 5.60 Å². The number of methoxy groups -OCH3 is 1. The first-order valence-electron chi connectivity index (χ1n) is 6.96. The van der Waals surface area contributed by atoms with Crippen LogP contribution < -0.4 is 0 Å². The highest BCUT2D eigenvalue weighted by Gasteiger charge is 2.64. The van der Waals surface area contributed by atoms with Crippen molar-refractivity contribution in [3.8, 4) is 0 Å². The molecule has 3 aliphatic rings. The summed E-state index contributed by atoms with van der Waals surface area (Å²) >= 11 is 6.48. The van der Waals surface area contributed by atoms with E-state index in [-0.39, 0.29) is 16.8 Å². The molecule has 1 aliphatic heterocycles. The summed E-state index contributed by atoms with van der Waals surface area (Å²) in [7, 11) is 1.40. The third kappa shape index (κ3) is 1.64. The van der Waals surface area contributed by atoms with E-state index in [1.54, 1.807) is 0 Å². The standard InChI is InChI=1S/C15H21ClO3/c1-13(2)5-4-6-14-8-15(19-9-14,12(17)18-3)11(16)7-10(13)14/h7,11H,4-6,8-9H2,1-3H3/t11-,14-,15-/m0/s1. The predicted molar refractivity (Wildman–Crippen MR) is 73.1 cm³/mol. The van der Waals surface area contributed by atoms with Crippen LogP contribution in [0, 0.1) is 10.8 Å². The molecule has 4 heteroatoms. The Labute approximate surface area is 119 Å². The van der Waals surface area contributed by atoms with Crippen molar-refractivity contribution in [2.75, 3.05) is 13.7 Å². The second-order valence-electron chi connectivity index (χ2n) is 6.85. The van der Waals surface area contributed by atoms with Gasteiger partial charge >= 0.3 is 5.97 Å². The molecule has 3 atom stereocenters. The van der Waals surface area contributed by atoms with E-state index < -0.39 is 11.0 Å². The van der Waals surface area contributed by atoms with E-state index in [0.29, 0.717) is 13.0 Å². The van der Waals surface area contributed by atoms with Crippen molar-refractivity contribution >= 4 is 17.6 Å². The fourth-order valence-corrected chi connectivity index (χ4v) is 4.69. The monoisotopic (exact) mass is 284 g/mol. The zero-order valence-electron chi connectivity index (χ0n) is 11.8. The lowest BCUT2D eigenvalue weighted by molar-refractivity contribution is -0.163. The van der Waals surface area contributed by atoms with E-state index in [1.165, 1.54) is 25.5 Å². The van der Waals surface area contributed by atoms with Gasteiger partial charge in [-0.05, 0) is 18.3 Å². The molecule has 0 amide bonds. The molecule has 3 nitrogen and oxygen atoms in total. The highest BCUT2D eigenvalue weighted by atomic mass is 35.5. The maximum absolute atomic E-state index is 12.1. The Kier molecular flexibility index (Phi) is 2.82. The van der Waals surface area contributed by atoms with Crippen LogP contribution >= 0.6 is 11.6 Å². The minimum absolute atomic E-state index is 0.00132. The van der Waals surface area contributed by atoms with E-state index in [4.69, 9.17) is 21.1 Å². The first-order valence-corrected chi connectivity index (χ1v) is 7.39. The summed E-state index contributed by atoms with van der Waals surface area (Å²) in [6.45, 7) is 5.14. The number of fused-ring (bicyclic) bond motifs is 1. The number of esters is 1. The second-order valence-corrected chi connectivity index (χ2v) is 7.32. The molecule has 106 valence electrons. The molecule has 0 aromatic heterocycles. The lowest BCUT2D eigenvalue weighted by Crippen LogP contribution is -2.51. The van der Waals surface area contributed by atoms with E-state index in [2.05, 4.69) is 19.9 Å². The van der Waals surface area contributed by atoms with Crippen molar-refractivity contribution in [3.05, 3.63) is 11.6 Å². The lowest BCUT2D eigenvalue weighted by Gasteiger charge is -2.48. The molecule has 1 spiro atoms. The zero-order valence-corrected chi connectivity index (χ0v) is 12.5. The molecule has 3 rings (SSSR count). The molecule has 1 saturated carbocycles. The predicted octanol–water partition coefficient (Wildman–Crippen LogP) is 3.06. The number of carbonyl (C=O) groups is 1. The van der Waals surface area contributed by atoms with Gasteiger partial charge in [0.25, 0.3) is 0 Å². The smallest absolute Gasteiger partial charge is 0.340 e. The summed E-state index contributed by atoms with van der Waals surface area (Å²) < 4.78 is 10.9. The molecule has 19 heavy (non-hydrogen) atoms. The Morgan fingerprint density at radius 3 is 2.89 bits per heavy atom. The summed E-state index contributed by atoms with van der Waals surface area (Å²) in [4.78, 5) is 12.1. The van der Waals surface area contributed by atoms with Gasteiger partial charge in [0, 0.05) is 11.8 Å². The fourth-order valence-electron chi connectivity index (χ4n) is 4.34. The van der Waals surface area contributed by atoms with E-state index in [9.17, 15) is 4.79 Å². The van der Waals surface area contributed by atoms with Crippen molar-refractivity contribution in [1.82, 2.24) is 0 Å². The Hall–Kier alpha value is -0.540. The maximum atomic E-state index is 12.1. The van der Waals surface area contributed by atoms with Crippen molar-refractivity contribution < 1.29 is 14.3 Å². The van der Waals surface area contributed by atoms with Gasteiger partial charge in [-0.25, -0.2) is 4.79 Å². The lowest BCUT2D eigenvalue weighted by atomic mass is 9.55. The highest BCUT2D eigenvalue weighted by molar-refractivity contribution is 6.24. The number of carbonyl (C=O) groups excluding carboxylic acids is 1. The normalized spacial score (nSPS) is 43.4. The van der Waals surface area contributed by atoms with Gasteiger partial charge in [0.05, 0.1) is 19.1 Å². The number of halogens is 1. The van der Waals surface area contributed by atoms with Crippen LogP contribution in [-0.4, -0.2) is 30.7 Å². The minimum atomic E-state index is -0.965. The van der Waals surface area contributed by atoms with Crippen LogP contribution in [0.1, 0.15) is 39.5 Å². The van der Waals surface area contributed by atoms with Crippen molar-refractivity contribution in [3.63, 3.8) is 0 Å². The van der Waals surface area contributed by atoms with Gasteiger partial charge in [-0.15, -0.1) is 11.6 Å². The minimum Gasteiger partial charge on any atom is -0.467 e. The van der Waals surface area contributed by atoms with Gasteiger partial charge < -0.3 is 9.47 Å². The fraction of sp³-hybridized carbons (Fsp3) is 0.800. The van der Waals surface area contributed by atoms with Gasteiger partial charge in [0.1, 0.15) is 0 Å². The summed E-state index contributed by atoms with van der Waals surface area (Å²) in [5, 5.41) is -0.428. The number of hydrogen-bond donors (Lipinski definition) is 0. The Balaban J connectivity index is 2.08. The van der Waals surface area contributed by atoms with Crippen molar-refractivity contribution in [1.29, 1.82) is 0 Å².